The van der Waals surface area contributed by atoms with E-state index in [1.54, 1.807) is 0 Å². The van der Waals surface area contributed by atoms with E-state index >= 15 is 0 Å². The van der Waals surface area contributed by atoms with Crippen molar-refractivity contribution in [3.8, 4) is 0 Å². The molecule has 2 heteroatoms. The van der Waals surface area contributed by atoms with Crippen molar-refractivity contribution >= 4 is 22.4 Å². The lowest BCUT2D eigenvalue weighted by molar-refractivity contribution is 0.512. The smallest absolute Gasteiger partial charge is 0.0322 e. The highest BCUT2D eigenvalue weighted by Crippen LogP contribution is 2.18. The third-order valence-electron chi connectivity index (χ3n) is 3.20. The van der Waals surface area contributed by atoms with Gasteiger partial charge in [-0.3, -0.25) is 0 Å². The molecule has 1 N–H and O–H groups in total. The highest BCUT2D eigenvalue weighted by Gasteiger charge is 2.06. The predicted molar refractivity (Wildman–Crippen MR) is 80.2 cm³/mol. The maximum Gasteiger partial charge on any atom is 0.0322 e. The normalized spacial score (nSPS) is 14.6. The maximum absolute atomic E-state index is 6.01. The fourth-order valence-electron chi connectivity index (χ4n) is 2.30. The third kappa shape index (κ3) is 3.47. The van der Waals surface area contributed by atoms with E-state index in [-0.39, 0.29) is 5.38 Å². The van der Waals surface area contributed by atoms with E-state index < -0.39 is 0 Å². The molecule has 1 nitrogen and oxygen atoms in total. The zero-order valence-electron chi connectivity index (χ0n) is 11.0. The van der Waals surface area contributed by atoms with Crippen LogP contribution < -0.4 is 5.32 Å². The Labute approximate surface area is 114 Å². The van der Waals surface area contributed by atoms with E-state index in [9.17, 15) is 0 Å². The molecule has 2 rings (SSSR count). The van der Waals surface area contributed by atoms with Crippen LogP contribution in [0.2, 0.25) is 0 Å². The zero-order chi connectivity index (χ0) is 13.0. The van der Waals surface area contributed by atoms with Gasteiger partial charge < -0.3 is 5.32 Å². The number of benzene rings is 2. The second-order valence-corrected chi connectivity index (χ2v) is 5.68. The van der Waals surface area contributed by atoms with Crippen molar-refractivity contribution < 1.29 is 0 Å². The van der Waals surface area contributed by atoms with Crippen LogP contribution in [0.25, 0.3) is 10.8 Å². The van der Waals surface area contributed by atoms with E-state index in [2.05, 4.69) is 54.7 Å². The van der Waals surface area contributed by atoms with Crippen LogP contribution in [0.1, 0.15) is 25.8 Å². The van der Waals surface area contributed by atoms with Gasteiger partial charge in [0.2, 0.25) is 0 Å². The lowest BCUT2D eigenvalue weighted by Gasteiger charge is -2.16. The summed E-state index contributed by atoms with van der Waals surface area (Å²) < 4.78 is 0. The van der Waals surface area contributed by atoms with Crippen LogP contribution in [0.5, 0.6) is 0 Å². The number of halogens is 1. The van der Waals surface area contributed by atoms with Gasteiger partial charge >= 0.3 is 0 Å². The first-order chi connectivity index (χ1) is 8.66. The summed E-state index contributed by atoms with van der Waals surface area (Å²) in [5, 5.41) is 6.39. The molecule has 2 unspecified atom stereocenters. The topological polar surface area (TPSA) is 12.0 Å². The predicted octanol–water partition coefficient (Wildman–Crippen LogP) is 4.34. The lowest BCUT2D eigenvalue weighted by atomic mass is 10.0. The van der Waals surface area contributed by atoms with Crippen molar-refractivity contribution in [1.29, 1.82) is 0 Å². The molecule has 2 aromatic rings. The molecular weight excluding hydrogens is 242 g/mol. The minimum Gasteiger partial charge on any atom is -0.310 e. The van der Waals surface area contributed by atoms with Gasteiger partial charge in [0.05, 0.1) is 0 Å². The van der Waals surface area contributed by atoms with E-state index in [1.165, 1.54) is 16.3 Å². The number of alkyl halides is 1. The van der Waals surface area contributed by atoms with Gasteiger partial charge in [-0.25, -0.2) is 0 Å². The summed E-state index contributed by atoms with van der Waals surface area (Å²) in [5.41, 5.74) is 1.35. The van der Waals surface area contributed by atoms with Crippen LogP contribution in [0.15, 0.2) is 42.5 Å². The molecule has 0 aromatic heterocycles. The highest BCUT2D eigenvalue weighted by molar-refractivity contribution is 6.20. The number of nitrogens with one attached hydrogen (secondary N) is 1. The molecule has 0 aliphatic rings. The second kappa shape index (κ2) is 6.21. The molecule has 0 bridgehead atoms. The van der Waals surface area contributed by atoms with Crippen molar-refractivity contribution in [1.82, 2.24) is 5.32 Å². The van der Waals surface area contributed by atoms with E-state index in [0.29, 0.717) is 6.04 Å². The van der Waals surface area contributed by atoms with Crippen molar-refractivity contribution in [3.05, 3.63) is 48.0 Å². The largest absolute Gasteiger partial charge is 0.310 e. The summed E-state index contributed by atoms with van der Waals surface area (Å²) in [5.74, 6) is 0. The molecule has 0 aliphatic heterocycles. The molecule has 0 amide bonds. The summed E-state index contributed by atoms with van der Waals surface area (Å²) in [6.07, 6.45) is 0.992. The lowest BCUT2D eigenvalue weighted by Crippen LogP contribution is -2.27. The van der Waals surface area contributed by atoms with Gasteiger partial charge in [0.1, 0.15) is 0 Å². The number of hydrogen-bond acceptors (Lipinski definition) is 1. The molecule has 18 heavy (non-hydrogen) atoms. The van der Waals surface area contributed by atoms with Crippen molar-refractivity contribution in [2.75, 3.05) is 0 Å². The van der Waals surface area contributed by atoms with Crippen molar-refractivity contribution in [2.45, 2.75) is 38.2 Å². The molecule has 0 radical (unpaired) electrons. The molecule has 0 saturated heterocycles. The van der Waals surface area contributed by atoms with Crippen LogP contribution in [0.3, 0.4) is 0 Å². The summed E-state index contributed by atoms with van der Waals surface area (Å²) >= 11 is 6.01. The summed E-state index contributed by atoms with van der Waals surface area (Å²) in [4.78, 5) is 0. The average molecular weight is 262 g/mol. The summed E-state index contributed by atoms with van der Waals surface area (Å²) in [7, 11) is 0. The number of rotatable bonds is 5. The Bertz CT molecular complexity index is 502. The van der Waals surface area contributed by atoms with Crippen molar-refractivity contribution in [2.24, 2.45) is 0 Å². The first-order valence-electron chi connectivity index (χ1n) is 6.51. The Hall–Kier alpha value is -1.05. The van der Waals surface area contributed by atoms with Gasteiger partial charge in [0.25, 0.3) is 0 Å². The Morgan fingerprint density at radius 1 is 1.06 bits per heavy atom. The Morgan fingerprint density at radius 3 is 2.56 bits per heavy atom. The SMILES string of the molecule is CC(Cl)CC(C)NCc1cccc2ccccc12. The first-order valence-corrected chi connectivity index (χ1v) is 6.94. The molecule has 2 atom stereocenters. The summed E-state index contributed by atoms with van der Waals surface area (Å²) in [6, 6.07) is 15.4. The fourth-order valence-corrected chi connectivity index (χ4v) is 2.57. The Kier molecular flexibility index (Phi) is 4.62. The molecular formula is C16H20ClN. The van der Waals surface area contributed by atoms with Gasteiger partial charge in [0.15, 0.2) is 0 Å². The average Bonchev–Trinajstić information content (AvgIpc) is 2.35. The minimum atomic E-state index is 0.222. The first kappa shape index (κ1) is 13.4. The number of fused-ring (bicyclic) bond motifs is 1. The van der Waals surface area contributed by atoms with Crippen molar-refractivity contribution in [3.63, 3.8) is 0 Å². The molecule has 96 valence electrons. The maximum atomic E-state index is 6.01. The molecule has 0 saturated carbocycles. The minimum absolute atomic E-state index is 0.222. The summed E-state index contributed by atoms with van der Waals surface area (Å²) in [6.45, 7) is 5.12. The molecule has 0 aliphatic carbocycles. The standard InChI is InChI=1S/C16H20ClN/c1-12(17)10-13(2)18-11-15-8-5-7-14-6-3-4-9-16(14)15/h3-9,12-13,18H,10-11H2,1-2H3. The van der Waals surface area contributed by atoms with Gasteiger partial charge in [-0.2, -0.15) is 0 Å². The molecule has 2 aromatic carbocycles. The van der Waals surface area contributed by atoms with E-state index in [0.717, 1.165) is 13.0 Å². The number of hydrogen-bond donors (Lipinski definition) is 1. The van der Waals surface area contributed by atoms with Gasteiger partial charge in [0, 0.05) is 18.0 Å². The van der Waals surface area contributed by atoms with Crippen LogP contribution in [-0.4, -0.2) is 11.4 Å². The Morgan fingerprint density at radius 2 is 1.78 bits per heavy atom. The van der Waals surface area contributed by atoms with Gasteiger partial charge in [-0.1, -0.05) is 42.5 Å². The van der Waals surface area contributed by atoms with Crippen LogP contribution in [-0.2, 0) is 6.54 Å². The molecule has 0 heterocycles. The van der Waals surface area contributed by atoms with E-state index in [1.807, 2.05) is 6.92 Å². The highest BCUT2D eigenvalue weighted by atomic mass is 35.5. The zero-order valence-corrected chi connectivity index (χ0v) is 11.7. The van der Waals surface area contributed by atoms with Gasteiger partial charge in [-0.05, 0) is 36.6 Å². The van der Waals surface area contributed by atoms with Crippen LogP contribution in [0.4, 0.5) is 0 Å². The second-order valence-electron chi connectivity index (χ2n) is 4.94. The monoisotopic (exact) mass is 261 g/mol. The van der Waals surface area contributed by atoms with Gasteiger partial charge in [-0.15, -0.1) is 11.6 Å². The molecule has 0 spiro atoms. The third-order valence-corrected chi connectivity index (χ3v) is 3.38. The van der Waals surface area contributed by atoms with Crippen LogP contribution >= 0.6 is 11.6 Å². The van der Waals surface area contributed by atoms with E-state index in [4.69, 9.17) is 11.6 Å². The molecule has 0 fully saturated rings. The Balaban J connectivity index is 2.08. The fraction of sp³-hybridized carbons (Fsp3) is 0.375. The van der Waals surface area contributed by atoms with Crippen LogP contribution in [0, 0.1) is 0 Å². The quantitative estimate of drug-likeness (QED) is 0.790.